The summed E-state index contributed by atoms with van der Waals surface area (Å²) in [6.07, 6.45) is -0.495. The molecule has 2 heterocycles. The van der Waals surface area contributed by atoms with Gasteiger partial charge in [-0.25, -0.2) is 0 Å². The number of carboxylic acids is 1. The SMILES string of the molecule is Cc1cc(C(C)Nc2ccccc2C(=O)O)c2nc(N3CC[PH](F)(F)C3)n(C)c(=O)c2c1. The molecule has 0 saturated carbocycles. The molecule has 2 N–H and O–H groups in total. The molecule has 0 spiro atoms. The monoisotopic (exact) mass is 462 g/mol. The minimum atomic E-state index is -4.30. The van der Waals surface area contributed by atoms with Gasteiger partial charge in [0, 0.05) is 0 Å². The Balaban J connectivity index is 1.83. The van der Waals surface area contributed by atoms with Crippen LogP contribution < -0.4 is 15.8 Å². The van der Waals surface area contributed by atoms with Crippen molar-refractivity contribution in [1.82, 2.24) is 9.55 Å². The molecule has 1 saturated heterocycles. The molecule has 4 rings (SSSR count). The summed E-state index contributed by atoms with van der Waals surface area (Å²) >= 11 is 0. The van der Waals surface area contributed by atoms with Gasteiger partial charge in [-0.2, -0.15) is 0 Å². The first kappa shape index (κ1) is 22.1. The van der Waals surface area contributed by atoms with Crippen LogP contribution in [0.3, 0.4) is 0 Å². The Morgan fingerprint density at radius 2 is 2.00 bits per heavy atom. The number of fused-ring (bicyclic) bond motifs is 1. The topological polar surface area (TPSA) is 87.5 Å². The summed E-state index contributed by atoms with van der Waals surface area (Å²) in [4.78, 5) is 30.9. The third-order valence-corrected chi connectivity index (χ3v) is 7.58. The quantitative estimate of drug-likeness (QED) is 0.547. The normalized spacial score (nSPS) is 17.3. The van der Waals surface area contributed by atoms with Crippen molar-refractivity contribution < 1.29 is 18.3 Å². The van der Waals surface area contributed by atoms with Crippen molar-refractivity contribution in [3.8, 4) is 0 Å². The molecule has 0 amide bonds. The van der Waals surface area contributed by atoms with Crippen molar-refractivity contribution in [2.75, 3.05) is 29.2 Å². The molecule has 170 valence electrons. The van der Waals surface area contributed by atoms with Crippen LogP contribution in [0.2, 0.25) is 0 Å². The zero-order valence-corrected chi connectivity index (χ0v) is 19.0. The number of carboxylic acid groups (broad SMARTS) is 1. The van der Waals surface area contributed by atoms with E-state index >= 15 is 0 Å². The third-order valence-electron chi connectivity index (χ3n) is 5.78. The molecule has 0 aliphatic carbocycles. The summed E-state index contributed by atoms with van der Waals surface area (Å²) in [5, 5.41) is 13.1. The fourth-order valence-electron chi connectivity index (χ4n) is 4.17. The van der Waals surface area contributed by atoms with Gasteiger partial charge in [0.2, 0.25) is 0 Å². The number of halogens is 2. The number of anilines is 2. The number of nitrogens with one attached hydrogen (secondary N) is 1. The fraction of sp³-hybridized carbons (Fsp3) is 0.318. The van der Waals surface area contributed by atoms with E-state index in [1.54, 1.807) is 31.3 Å². The molecule has 10 heteroatoms. The van der Waals surface area contributed by atoms with Gasteiger partial charge in [0.05, 0.1) is 0 Å². The van der Waals surface area contributed by atoms with Gasteiger partial charge in [0.15, 0.2) is 0 Å². The van der Waals surface area contributed by atoms with E-state index in [0.717, 1.165) is 5.56 Å². The molecule has 3 aromatic rings. The van der Waals surface area contributed by atoms with Gasteiger partial charge in [-0.1, -0.05) is 0 Å². The number of aryl methyl sites for hydroxylation is 1. The predicted molar refractivity (Wildman–Crippen MR) is 125 cm³/mol. The maximum atomic E-state index is 14.0. The maximum absolute atomic E-state index is 14.0. The summed E-state index contributed by atoms with van der Waals surface area (Å²) in [5.74, 6) is -0.821. The fourth-order valence-corrected chi connectivity index (χ4v) is 5.78. The van der Waals surface area contributed by atoms with Crippen LogP contribution in [0.25, 0.3) is 10.9 Å². The van der Waals surface area contributed by atoms with Crippen LogP contribution in [0.4, 0.5) is 20.0 Å². The van der Waals surface area contributed by atoms with Crippen molar-refractivity contribution in [1.29, 1.82) is 0 Å². The van der Waals surface area contributed by atoms with Gasteiger partial charge in [0.25, 0.3) is 0 Å². The van der Waals surface area contributed by atoms with Crippen LogP contribution in [0.1, 0.15) is 34.5 Å². The van der Waals surface area contributed by atoms with Crippen molar-refractivity contribution in [2.45, 2.75) is 19.9 Å². The Hall–Kier alpha value is -3.06. The molecule has 1 unspecified atom stereocenters. The Bertz CT molecular complexity index is 1280. The van der Waals surface area contributed by atoms with Crippen LogP contribution in [0.15, 0.2) is 41.2 Å². The zero-order valence-electron chi connectivity index (χ0n) is 18.0. The van der Waals surface area contributed by atoms with Crippen molar-refractivity contribution in [2.24, 2.45) is 7.05 Å². The standard InChI is InChI=1S/C22H25F2N4O3P/c1-13-10-16(14(2)25-18-7-5-4-6-15(18)21(30)31)19-17(11-13)20(29)27(3)22(26-19)28-8-9-32(23,24)12-28/h4-7,10-11,14,25,32H,8-9,12H2,1-3H3,(H,30,31). The Morgan fingerprint density at radius 1 is 1.28 bits per heavy atom. The number of aromatic carboxylic acids is 1. The molecule has 7 nitrogen and oxygen atoms in total. The first-order chi connectivity index (χ1) is 15.1. The number of para-hydroxylation sites is 1. The van der Waals surface area contributed by atoms with Gasteiger partial charge in [-0.3, -0.25) is 0 Å². The average Bonchev–Trinajstić information content (AvgIpc) is 3.10. The number of rotatable bonds is 5. The van der Waals surface area contributed by atoms with E-state index in [9.17, 15) is 23.1 Å². The van der Waals surface area contributed by atoms with E-state index in [0.29, 0.717) is 22.2 Å². The molecule has 0 bridgehead atoms. The summed E-state index contributed by atoms with van der Waals surface area (Å²) in [7, 11) is -2.75. The minimum absolute atomic E-state index is 0.130. The third kappa shape index (κ3) is 4.05. The predicted octanol–water partition coefficient (Wildman–Crippen LogP) is 4.41. The van der Waals surface area contributed by atoms with E-state index in [2.05, 4.69) is 10.3 Å². The van der Waals surface area contributed by atoms with Crippen molar-refractivity contribution in [3.05, 3.63) is 63.4 Å². The van der Waals surface area contributed by atoms with Gasteiger partial charge in [-0.15, -0.1) is 0 Å². The molecular formula is C22H25F2N4O3P. The Morgan fingerprint density at radius 3 is 2.66 bits per heavy atom. The van der Waals surface area contributed by atoms with Crippen LogP contribution in [0, 0.1) is 6.92 Å². The van der Waals surface area contributed by atoms with E-state index in [4.69, 9.17) is 0 Å². The van der Waals surface area contributed by atoms with Crippen molar-refractivity contribution >= 4 is 36.4 Å². The van der Waals surface area contributed by atoms with E-state index in [1.807, 2.05) is 19.9 Å². The number of aromatic nitrogens is 2. The second-order valence-electron chi connectivity index (χ2n) is 8.27. The summed E-state index contributed by atoms with van der Waals surface area (Å²) < 4.78 is 29.2. The zero-order chi connectivity index (χ0) is 23.2. The van der Waals surface area contributed by atoms with Crippen LogP contribution in [-0.4, -0.2) is 39.6 Å². The molecule has 0 radical (unpaired) electrons. The van der Waals surface area contributed by atoms with E-state index in [-0.39, 0.29) is 42.1 Å². The number of nitrogens with zero attached hydrogens (tertiary/aromatic N) is 3. The molecule has 1 aromatic heterocycles. The summed E-state index contributed by atoms with van der Waals surface area (Å²) in [5.41, 5.74) is 2.24. The van der Waals surface area contributed by atoms with Gasteiger partial charge in [-0.05, 0) is 0 Å². The van der Waals surface area contributed by atoms with Crippen LogP contribution in [-0.2, 0) is 7.05 Å². The van der Waals surface area contributed by atoms with Gasteiger partial charge >= 0.3 is 184 Å². The molecule has 1 fully saturated rings. The molecule has 32 heavy (non-hydrogen) atoms. The average molecular weight is 462 g/mol. The Labute approximate surface area is 184 Å². The summed E-state index contributed by atoms with van der Waals surface area (Å²) in [6.45, 7) is 3.88. The first-order valence-electron chi connectivity index (χ1n) is 10.3. The summed E-state index contributed by atoms with van der Waals surface area (Å²) in [6, 6.07) is 9.80. The number of hydrogen-bond acceptors (Lipinski definition) is 5. The second kappa shape index (κ2) is 8.13. The molecule has 1 aliphatic heterocycles. The van der Waals surface area contributed by atoms with Crippen LogP contribution >= 0.6 is 7.88 Å². The van der Waals surface area contributed by atoms with Crippen LogP contribution in [0.5, 0.6) is 0 Å². The van der Waals surface area contributed by atoms with E-state index in [1.165, 1.54) is 15.5 Å². The van der Waals surface area contributed by atoms with Crippen molar-refractivity contribution in [3.63, 3.8) is 0 Å². The number of benzene rings is 2. The molecule has 2 aromatic carbocycles. The molecule has 1 atom stereocenters. The second-order valence-corrected chi connectivity index (χ2v) is 10.8. The molecular weight excluding hydrogens is 437 g/mol. The number of carbonyl (C=O) groups is 1. The first-order valence-corrected chi connectivity index (χ1v) is 12.5. The Kier molecular flexibility index (Phi) is 5.63. The number of hydrogen-bond donors (Lipinski definition) is 2. The van der Waals surface area contributed by atoms with Gasteiger partial charge in [0.1, 0.15) is 0 Å². The molecule has 1 aliphatic rings. The van der Waals surface area contributed by atoms with E-state index < -0.39 is 13.9 Å². The van der Waals surface area contributed by atoms with Gasteiger partial charge < -0.3 is 0 Å².